The van der Waals surface area contributed by atoms with Gasteiger partial charge in [0.25, 0.3) is 0 Å². The lowest BCUT2D eigenvalue weighted by Crippen LogP contribution is -2.48. The Morgan fingerprint density at radius 1 is 1.34 bits per heavy atom. The zero-order valence-corrected chi connectivity index (χ0v) is 18.2. The fraction of sp³-hybridized carbons (Fsp3) is 0.500. The van der Waals surface area contributed by atoms with Crippen molar-refractivity contribution in [1.82, 2.24) is 9.80 Å². The molecule has 1 fully saturated rings. The minimum atomic E-state index is -0.433. The number of aliphatic hydroxyl groups is 1. The summed E-state index contributed by atoms with van der Waals surface area (Å²) in [5.74, 6) is 0.858. The Balaban J connectivity index is 1.48. The molecule has 0 bridgehead atoms. The first-order valence-electron chi connectivity index (χ1n) is 10.2. The number of nitrogens with zero attached hydrogens (tertiary/aromatic N) is 2. The van der Waals surface area contributed by atoms with Gasteiger partial charge in [0.2, 0.25) is 5.91 Å². The van der Waals surface area contributed by atoms with Crippen LogP contribution < -0.4 is 4.74 Å². The highest BCUT2D eigenvalue weighted by Gasteiger charge is 2.36. The Morgan fingerprint density at radius 2 is 2.10 bits per heavy atom. The Hall–Kier alpha value is -1.60. The maximum atomic E-state index is 13.3. The summed E-state index contributed by atoms with van der Waals surface area (Å²) < 4.78 is 6.03. The van der Waals surface area contributed by atoms with E-state index < -0.39 is 6.10 Å². The van der Waals surface area contributed by atoms with Gasteiger partial charge < -0.3 is 14.7 Å². The maximum Gasteiger partial charge on any atom is 0.237 e. The molecule has 1 aromatic carbocycles. The van der Waals surface area contributed by atoms with E-state index in [0.29, 0.717) is 37.3 Å². The number of carbonyl (C=O) groups is 1. The minimum absolute atomic E-state index is 0.0965. The second-order valence-corrected chi connectivity index (χ2v) is 9.36. The van der Waals surface area contributed by atoms with E-state index >= 15 is 0 Å². The predicted molar refractivity (Wildman–Crippen MR) is 116 cm³/mol. The van der Waals surface area contributed by atoms with Gasteiger partial charge in [-0.3, -0.25) is 9.69 Å². The monoisotopic (exact) mass is 434 g/mol. The largest absolute Gasteiger partial charge is 0.491 e. The molecule has 2 aromatic rings. The molecule has 1 saturated carbocycles. The van der Waals surface area contributed by atoms with Crippen LogP contribution in [0.15, 0.2) is 35.7 Å². The molecule has 0 saturated heterocycles. The van der Waals surface area contributed by atoms with Crippen LogP contribution in [0.25, 0.3) is 0 Å². The van der Waals surface area contributed by atoms with Crippen LogP contribution in [-0.2, 0) is 11.2 Å². The number of aliphatic hydroxyl groups excluding tert-OH is 1. The van der Waals surface area contributed by atoms with Gasteiger partial charge in [-0.2, -0.15) is 0 Å². The number of thiophene rings is 1. The molecule has 2 aliphatic rings. The van der Waals surface area contributed by atoms with Crippen molar-refractivity contribution < 1.29 is 14.6 Å². The van der Waals surface area contributed by atoms with Crippen molar-refractivity contribution in [3.8, 4) is 5.75 Å². The van der Waals surface area contributed by atoms with Gasteiger partial charge in [0.05, 0.1) is 18.7 Å². The number of benzene rings is 1. The van der Waals surface area contributed by atoms with Crippen LogP contribution in [0, 0.1) is 0 Å². The zero-order chi connectivity index (χ0) is 20.4. The summed E-state index contributed by atoms with van der Waals surface area (Å²) in [6.45, 7) is 3.79. The van der Waals surface area contributed by atoms with Crippen molar-refractivity contribution in [2.75, 3.05) is 26.2 Å². The third kappa shape index (κ3) is 5.12. The first kappa shape index (κ1) is 20.7. The van der Waals surface area contributed by atoms with Gasteiger partial charge in [-0.05, 0) is 67.5 Å². The van der Waals surface area contributed by atoms with Gasteiger partial charge in [-0.25, -0.2) is 0 Å². The molecule has 0 spiro atoms. The lowest BCUT2D eigenvalue weighted by Gasteiger charge is -2.37. The van der Waals surface area contributed by atoms with E-state index in [2.05, 4.69) is 16.3 Å². The van der Waals surface area contributed by atoms with E-state index in [1.165, 1.54) is 10.4 Å². The van der Waals surface area contributed by atoms with Crippen LogP contribution in [0.5, 0.6) is 5.75 Å². The molecule has 1 aromatic heterocycles. The lowest BCUT2D eigenvalue weighted by molar-refractivity contribution is -0.136. The van der Waals surface area contributed by atoms with Gasteiger partial charge >= 0.3 is 0 Å². The molecule has 1 amide bonds. The Bertz CT molecular complexity index is 835. The highest BCUT2D eigenvalue weighted by molar-refractivity contribution is 7.10. The molecule has 2 heterocycles. The number of ether oxygens (including phenoxy) is 1. The van der Waals surface area contributed by atoms with Crippen LogP contribution in [0.3, 0.4) is 0 Å². The second-order valence-electron chi connectivity index (χ2n) is 7.93. The van der Waals surface area contributed by atoms with Crippen LogP contribution in [0.2, 0.25) is 5.02 Å². The molecule has 2 atom stereocenters. The third-order valence-electron chi connectivity index (χ3n) is 5.54. The normalized spacial score (nSPS) is 19.9. The van der Waals surface area contributed by atoms with Crippen molar-refractivity contribution in [2.24, 2.45) is 0 Å². The highest BCUT2D eigenvalue weighted by Crippen LogP contribution is 2.35. The summed E-state index contributed by atoms with van der Waals surface area (Å²) in [6, 6.07) is 9.76. The van der Waals surface area contributed by atoms with Gasteiger partial charge in [-0.1, -0.05) is 11.6 Å². The summed E-state index contributed by atoms with van der Waals surface area (Å²) in [5.41, 5.74) is 1.19. The van der Waals surface area contributed by atoms with Gasteiger partial charge in [-0.15, -0.1) is 11.3 Å². The number of hydrogen-bond donors (Lipinski definition) is 1. The Labute approximate surface area is 180 Å². The number of fused-ring (bicyclic) bond motifs is 1. The van der Waals surface area contributed by atoms with E-state index in [1.54, 1.807) is 30.4 Å². The molecule has 5 nitrogen and oxygen atoms in total. The molecule has 0 radical (unpaired) electrons. The fourth-order valence-electron chi connectivity index (χ4n) is 3.97. The molecule has 2 unspecified atom stereocenters. The molecule has 1 aliphatic carbocycles. The van der Waals surface area contributed by atoms with Gasteiger partial charge in [0, 0.05) is 29.0 Å². The van der Waals surface area contributed by atoms with Crippen molar-refractivity contribution in [3.05, 3.63) is 51.2 Å². The van der Waals surface area contributed by atoms with E-state index in [0.717, 1.165) is 25.0 Å². The predicted octanol–water partition coefficient (Wildman–Crippen LogP) is 3.75. The van der Waals surface area contributed by atoms with Crippen molar-refractivity contribution >= 4 is 28.8 Å². The second kappa shape index (κ2) is 9.04. The molecule has 156 valence electrons. The molecular weight excluding hydrogens is 408 g/mol. The number of carbonyl (C=O) groups excluding carboxylic acids is 1. The van der Waals surface area contributed by atoms with E-state index in [1.807, 2.05) is 17.0 Å². The smallest absolute Gasteiger partial charge is 0.237 e. The number of hydrogen-bond acceptors (Lipinski definition) is 5. The molecular formula is C22H27ClN2O3S. The van der Waals surface area contributed by atoms with Crippen molar-refractivity contribution in [1.29, 1.82) is 0 Å². The van der Waals surface area contributed by atoms with Crippen LogP contribution >= 0.6 is 22.9 Å². The molecule has 1 aliphatic heterocycles. The average Bonchev–Trinajstić information content (AvgIpc) is 3.43. The average molecular weight is 435 g/mol. The van der Waals surface area contributed by atoms with Gasteiger partial charge in [0.1, 0.15) is 12.4 Å². The van der Waals surface area contributed by atoms with Crippen LogP contribution in [0.4, 0.5) is 0 Å². The van der Waals surface area contributed by atoms with Crippen LogP contribution in [0.1, 0.15) is 36.2 Å². The number of rotatable bonds is 8. The maximum absolute atomic E-state index is 13.3. The minimum Gasteiger partial charge on any atom is -0.491 e. The van der Waals surface area contributed by atoms with E-state index in [9.17, 15) is 9.90 Å². The molecule has 29 heavy (non-hydrogen) atoms. The first-order valence-corrected chi connectivity index (χ1v) is 11.4. The third-order valence-corrected chi connectivity index (χ3v) is 6.79. The SMILES string of the molecule is CC(O)CN(CC(=O)N1CCc2sccc2C1COc1ccc(Cl)cc1)C1CC1. The lowest BCUT2D eigenvalue weighted by atomic mass is 10.0. The van der Waals surface area contributed by atoms with Crippen LogP contribution in [-0.4, -0.2) is 59.2 Å². The van der Waals surface area contributed by atoms with E-state index in [-0.39, 0.29) is 11.9 Å². The Morgan fingerprint density at radius 3 is 2.79 bits per heavy atom. The molecule has 7 heteroatoms. The number of halogens is 1. The Kier molecular flexibility index (Phi) is 6.44. The standard InChI is InChI=1S/C22H27ClN2O3S/c1-15(26)12-24(17-4-5-17)13-22(27)25-10-8-21-19(9-11-29-21)20(25)14-28-18-6-2-16(23)3-7-18/h2-3,6-7,9,11,15,17,20,26H,4-5,8,10,12-14H2,1H3. The summed E-state index contributed by atoms with van der Waals surface area (Å²) in [5, 5.41) is 12.6. The zero-order valence-electron chi connectivity index (χ0n) is 16.6. The van der Waals surface area contributed by atoms with Crippen molar-refractivity contribution in [3.63, 3.8) is 0 Å². The first-order chi connectivity index (χ1) is 14.0. The quantitative estimate of drug-likeness (QED) is 0.687. The molecule has 4 rings (SSSR count). The summed E-state index contributed by atoms with van der Waals surface area (Å²) in [4.78, 5) is 18.7. The highest BCUT2D eigenvalue weighted by atomic mass is 35.5. The van der Waals surface area contributed by atoms with Gasteiger partial charge in [0.15, 0.2) is 0 Å². The topological polar surface area (TPSA) is 53.0 Å². The summed E-state index contributed by atoms with van der Waals surface area (Å²) in [7, 11) is 0. The summed E-state index contributed by atoms with van der Waals surface area (Å²) in [6.07, 6.45) is 2.67. The summed E-state index contributed by atoms with van der Waals surface area (Å²) >= 11 is 7.71. The number of amides is 1. The van der Waals surface area contributed by atoms with E-state index in [4.69, 9.17) is 16.3 Å². The fourth-order valence-corrected chi connectivity index (χ4v) is 5.02. The van der Waals surface area contributed by atoms with Crippen molar-refractivity contribution in [2.45, 2.75) is 44.4 Å². The molecule has 1 N–H and O–H groups in total.